The van der Waals surface area contributed by atoms with Gasteiger partial charge in [0.05, 0.1) is 32.4 Å². The van der Waals surface area contributed by atoms with Gasteiger partial charge in [-0.2, -0.15) is 5.06 Å². The Labute approximate surface area is 370 Å². The molecule has 5 aliphatic rings. The number of ether oxygens (including phenoxy) is 6. The van der Waals surface area contributed by atoms with E-state index in [1.54, 1.807) is 45.1 Å². The molecule has 2 bridgehead atoms. The number of likely N-dealkylation sites (N-methyl/N-ethyl adjacent to an activating group) is 1. The molecule has 2 aromatic carbocycles. The van der Waals surface area contributed by atoms with Crippen LogP contribution in [0.5, 0.6) is 0 Å². The van der Waals surface area contributed by atoms with Gasteiger partial charge in [-0.25, -0.2) is 0 Å². The summed E-state index contributed by atoms with van der Waals surface area (Å²) in [6.07, 6.45) is -7.05. The lowest BCUT2D eigenvalue weighted by Gasteiger charge is -2.50. The van der Waals surface area contributed by atoms with Crippen LogP contribution in [0.1, 0.15) is 56.7 Å². The summed E-state index contributed by atoms with van der Waals surface area (Å²) < 4.78 is 34.4. The normalized spacial score (nSPS) is 32.1. The third-order valence-electron chi connectivity index (χ3n) is 12.4. The maximum Gasteiger partial charge on any atom is 0.327 e. The maximum absolute atomic E-state index is 15.5. The Balaban J connectivity index is 1.13. The van der Waals surface area contributed by atoms with Crippen molar-refractivity contribution in [1.82, 2.24) is 15.3 Å². The number of aliphatic hydroxyl groups excluding tert-OH is 5. The predicted octanol–water partition coefficient (Wildman–Crippen LogP) is -0.274. The Kier molecular flexibility index (Phi) is 14.9. The number of nitrogens with one attached hydrogen (secondary N) is 1. The molecule has 5 fully saturated rings. The van der Waals surface area contributed by atoms with Crippen LogP contribution in [0, 0.1) is 5.41 Å². The first-order chi connectivity index (χ1) is 30.6. The van der Waals surface area contributed by atoms with Crippen molar-refractivity contribution in [2.75, 3.05) is 33.7 Å². The van der Waals surface area contributed by atoms with Gasteiger partial charge in [0.15, 0.2) is 12.3 Å². The number of fused-ring (bicyclic) bond motifs is 4. The van der Waals surface area contributed by atoms with E-state index in [9.17, 15) is 39.9 Å². The first-order valence-corrected chi connectivity index (χ1v) is 21.5. The van der Waals surface area contributed by atoms with Gasteiger partial charge >= 0.3 is 11.9 Å². The molecule has 7 rings (SSSR count). The van der Waals surface area contributed by atoms with Crippen LogP contribution in [-0.4, -0.2) is 172 Å². The third kappa shape index (κ3) is 9.90. The summed E-state index contributed by atoms with van der Waals surface area (Å²) in [4.78, 5) is 64.6. The summed E-state index contributed by atoms with van der Waals surface area (Å²) in [5.41, 5.74) is -0.208. The average Bonchev–Trinajstić information content (AvgIpc) is 3.90. The molecular weight excluding hydrogens is 838 g/mol. The molecule has 19 nitrogen and oxygen atoms in total. The molecule has 4 heterocycles. The highest BCUT2D eigenvalue weighted by Crippen LogP contribution is 2.56. The fourth-order valence-corrected chi connectivity index (χ4v) is 9.26. The molecule has 64 heavy (non-hydrogen) atoms. The highest BCUT2D eigenvalue weighted by atomic mass is 16.8. The zero-order valence-electron chi connectivity index (χ0n) is 36.3. The first kappa shape index (κ1) is 47.6. The highest BCUT2D eigenvalue weighted by Gasteiger charge is 2.75. The van der Waals surface area contributed by atoms with E-state index in [2.05, 4.69) is 5.32 Å². The van der Waals surface area contributed by atoms with E-state index in [0.29, 0.717) is 11.1 Å². The van der Waals surface area contributed by atoms with Crippen molar-refractivity contribution in [2.24, 2.45) is 5.41 Å². The third-order valence-corrected chi connectivity index (χ3v) is 12.4. The van der Waals surface area contributed by atoms with Gasteiger partial charge in [-0.3, -0.25) is 24.0 Å². The number of carbonyl (C=O) groups excluding carboxylic acids is 4. The van der Waals surface area contributed by atoms with Crippen molar-refractivity contribution in [3.63, 3.8) is 0 Å². The molecule has 0 radical (unpaired) electrons. The summed E-state index contributed by atoms with van der Waals surface area (Å²) >= 11 is 0. The second kappa shape index (κ2) is 20.0. The van der Waals surface area contributed by atoms with Crippen molar-refractivity contribution < 1.29 is 78.0 Å². The smallest absolute Gasteiger partial charge is 0.327 e. The van der Waals surface area contributed by atoms with E-state index >= 15 is 4.79 Å². The van der Waals surface area contributed by atoms with Crippen LogP contribution in [0.4, 0.5) is 0 Å². The SMILES string of the molecule is CN(C(=O)C12CC3OC(=O)C1N(Cc1ccccc1C=CCOC1OC(CO)C(O)C(O)C1O)OC2C1OCOC31)C(Cc1ccccc1)C(=O)NC(CO)CCC(=O)OC(C)(C)C. The van der Waals surface area contributed by atoms with Crippen LogP contribution >= 0.6 is 0 Å². The highest BCUT2D eigenvalue weighted by molar-refractivity contribution is 5.96. The van der Waals surface area contributed by atoms with Crippen LogP contribution in [0.3, 0.4) is 0 Å². The summed E-state index contributed by atoms with van der Waals surface area (Å²) in [6, 6.07) is 13.1. The monoisotopic (exact) mass is 897 g/mol. The van der Waals surface area contributed by atoms with Crippen LogP contribution in [0.2, 0.25) is 0 Å². The van der Waals surface area contributed by atoms with Crippen molar-refractivity contribution in [2.45, 2.75) is 132 Å². The molecular formula is C45H59N3O16. The lowest BCUT2D eigenvalue weighted by Crippen LogP contribution is -2.70. The van der Waals surface area contributed by atoms with Crippen molar-refractivity contribution in [1.29, 1.82) is 0 Å². The van der Waals surface area contributed by atoms with Gasteiger partial charge in [-0.05, 0) is 43.9 Å². The van der Waals surface area contributed by atoms with E-state index in [-0.39, 0.29) is 45.6 Å². The van der Waals surface area contributed by atoms with Crippen molar-refractivity contribution >= 4 is 29.8 Å². The number of hydroxylamine groups is 2. The van der Waals surface area contributed by atoms with Gasteiger partial charge in [0, 0.05) is 26.3 Å². The van der Waals surface area contributed by atoms with E-state index in [1.165, 1.54) is 17.0 Å². The lowest BCUT2D eigenvalue weighted by molar-refractivity contribution is -0.298. The van der Waals surface area contributed by atoms with Gasteiger partial charge in [0.2, 0.25) is 11.8 Å². The number of nitrogens with zero attached hydrogens (tertiary/aromatic N) is 2. The number of carbonyl (C=O) groups is 4. The quantitative estimate of drug-likeness (QED) is 0.112. The second-order valence-corrected chi connectivity index (χ2v) is 17.9. The first-order valence-electron chi connectivity index (χ1n) is 21.5. The number of aliphatic hydroxyl groups is 5. The molecule has 19 heteroatoms. The van der Waals surface area contributed by atoms with Gasteiger partial charge in [-0.1, -0.05) is 66.7 Å². The Hall–Kier alpha value is -4.38. The fraction of sp³-hybridized carbons (Fsp3) is 0.600. The number of benzene rings is 2. The maximum atomic E-state index is 15.5. The zero-order valence-corrected chi connectivity index (χ0v) is 36.3. The minimum Gasteiger partial charge on any atom is -0.460 e. The molecule has 350 valence electrons. The van der Waals surface area contributed by atoms with E-state index in [1.807, 2.05) is 42.5 Å². The minimum absolute atomic E-state index is 0.00421. The summed E-state index contributed by atoms with van der Waals surface area (Å²) in [5.74, 6) is -2.32. The molecule has 0 aromatic heterocycles. The molecule has 1 aliphatic carbocycles. The number of amides is 2. The number of esters is 2. The molecule has 2 amide bonds. The summed E-state index contributed by atoms with van der Waals surface area (Å²) in [7, 11) is 1.50. The Morgan fingerprint density at radius 3 is 2.44 bits per heavy atom. The lowest BCUT2D eigenvalue weighted by atomic mass is 9.62. The average molecular weight is 898 g/mol. The van der Waals surface area contributed by atoms with Crippen LogP contribution in [-0.2, 0) is 65.4 Å². The molecule has 0 spiro atoms. The van der Waals surface area contributed by atoms with Gasteiger partial charge in [0.1, 0.15) is 72.7 Å². The second-order valence-electron chi connectivity index (χ2n) is 17.9. The van der Waals surface area contributed by atoms with E-state index < -0.39 is 121 Å². The number of hydrogen-bond acceptors (Lipinski definition) is 17. The van der Waals surface area contributed by atoms with Gasteiger partial charge < -0.3 is 64.2 Å². The Morgan fingerprint density at radius 2 is 1.72 bits per heavy atom. The number of rotatable bonds is 17. The van der Waals surface area contributed by atoms with Gasteiger partial charge in [-0.15, -0.1) is 0 Å². The topological polar surface area (TPSA) is 253 Å². The molecule has 4 aliphatic heterocycles. The Morgan fingerprint density at radius 1 is 1.00 bits per heavy atom. The van der Waals surface area contributed by atoms with Crippen LogP contribution in [0.15, 0.2) is 60.7 Å². The largest absolute Gasteiger partial charge is 0.460 e. The van der Waals surface area contributed by atoms with E-state index in [4.69, 9.17) is 33.3 Å². The van der Waals surface area contributed by atoms with Crippen molar-refractivity contribution in [3.8, 4) is 0 Å². The molecule has 4 saturated heterocycles. The zero-order chi connectivity index (χ0) is 45.9. The molecule has 1 saturated carbocycles. The van der Waals surface area contributed by atoms with Crippen LogP contribution < -0.4 is 5.32 Å². The minimum atomic E-state index is -1.60. The fourth-order valence-electron chi connectivity index (χ4n) is 9.26. The van der Waals surface area contributed by atoms with Crippen molar-refractivity contribution in [3.05, 3.63) is 77.4 Å². The molecule has 13 atom stereocenters. The summed E-state index contributed by atoms with van der Waals surface area (Å²) in [6.45, 7) is 3.95. The molecule has 13 unspecified atom stereocenters. The number of hydrogen-bond donors (Lipinski definition) is 6. The molecule has 2 aromatic rings. The Bertz CT molecular complexity index is 2000. The summed E-state index contributed by atoms with van der Waals surface area (Å²) in [5, 5.41) is 54.7. The standard InChI is InChI=1S/C45H59N3O16/c1-44(2,3)63-32(51)17-16-28(22-49)46-40(55)29(19-25-11-6-5-7-12-25)47(4)43(57)45-20-30-36-37(60-24-59-36)39(45)64-48(38(45)41(56)61-30)21-27-14-9-8-13-26(27)15-10-18-58-42-35(54)34(53)33(52)31(23-50)62-42/h5-15,28-31,33-39,42,49-50,52-54H,16-24H2,1-4H3,(H,46,55). The van der Waals surface area contributed by atoms with Gasteiger partial charge in [0.25, 0.3) is 0 Å². The predicted molar refractivity (Wildman–Crippen MR) is 222 cm³/mol. The van der Waals surface area contributed by atoms with Crippen LogP contribution in [0.25, 0.3) is 6.08 Å². The molecule has 6 N–H and O–H groups in total. The van der Waals surface area contributed by atoms with E-state index in [0.717, 1.165) is 5.56 Å².